The summed E-state index contributed by atoms with van der Waals surface area (Å²) in [6.07, 6.45) is -1.17. The topological polar surface area (TPSA) is 38.0 Å². The predicted molar refractivity (Wildman–Crippen MR) is 68.5 cm³/mol. The van der Waals surface area contributed by atoms with Gasteiger partial charge in [0.2, 0.25) is 0 Å². The van der Waals surface area contributed by atoms with Crippen molar-refractivity contribution >= 4 is 0 Å². The molecule has 1 saturated carbocycles. The van der Waals surface area contributed by atoms with Crippen molar-refractivity contribution in [3.05, 3.63) is 35.4 Å². The van der Waals surface area contributed by atoms with E-state index in [0.29, 0.717) is 6.54 Å². The fourth-order valence-electron chi connectivity index (χ4n) is 2.23. The fourth-order valence-corrected chi connectivity index (χ4v) is 2.23. The Hall–Kier alpha value is -1.00. The van der Waals surface area contributed by atoms with Crippen molar-refractivity contribution < 1.29 is 8.78 Å². The molecule has 3 atom stereocenters. The van der Waals surface area contributed by atoms with E-state index in [0.717, 1.165) is 23.9 Å². The first-order chi connectivity index (χ1) is 8.61. The van der Waals surface area contributed by atoms with Crippen LogP contribution in [-0.2, 0) is 0 Å². The highest BCUT2D eigenvalue weighted by Crippen LogP contribution is 2.37. The zero-order valence-corrected chi connectivity index (χ0v) is 10.6. The molecule has 0 heterocycles. The van der Waals surface area contributed by atoms with E-state index in [9.17, 15) is 8.78 Å². The second-order valence-electron chi connectivity index (χ2n) is 5.14. The van der Waals surface area contributed by atoms with Gasteiger partial charge in [-0.15, -0.1) is 0 Å². The Labute approximate surface area is 107 Å². The minimum absolute atomic E-state index is 0.0310. The Morgan fingerprint density at radius 1 is 1.39 bits per heavy atom. The Balaban J connectivity index is 1.99. The van der Waals surface area contributed by atoms with Gasteiger partial charge in [0, 0.05) is 18.2 Å². The molecule has 0 spiro atoms. The number of nitrogens with one attached hydrogen (secondary N) is 1. The maximum absolute atomic E-state index is 12.6. The maximum atomic E-state index is 12.6. The third-order valence-electron chi connectivity index (χ3n) is 3.70. The number of nitrogens with two attached hydrogens (primary N) is 1. The van der Waals surface area contributed by atoms with Gasteiger partial charge in [0.05, 0.1) is 0 Å². The van der Waals surface area contributed by atoms with E-state index in [1.54, 1.807) is 12.1 Å². The second kappa shape index (κ2) is 5.76. The molecular weight excluding hydrogens is 234 g/mol. The summed E-state index contributed by atoms with van der Waals surface area (Å²) in [7, 11) is 0. The number of hydrogen-bond donors (Lipinski definition) is 2. The van der Waals surface area contributed by atoms with Gasteiger partial charge in [-0.1, -0.05) is 25.1 Å². The average Bonchev–Trinajstić information content (AvgIpc) is 3.06. The third kappa shape index (κ3) is 3.27. The van der Waals surface area contributed by atoms with Crippen LogP contribution in [0, 0.1) is 11.8 Å². The predicted octanol–water partition coefficient (Wildman–Crippen LogP) is 2.87. The molecule has 0 aromatic heterocycles. The first kappa shape index (κ1) is 13.4. The summed E-state index contributed by atoms with van der Waals surface area (Å²) in [5.74, 6) is 1.50. The highest BCUT2D eigenvalue weighted by Gasteiger charge is 2.32. The van der Waals surface area contributed by atoms with Gasteiger partial charge in [-0.3, -0.25) is 0 Å². The van der Waals surface area contributed by atoms with Gasteiger partial charge in [0.1, 0.15) is 0 Å². The van der Waals surface area contributed by atoms with Crippen molar-refractivity contribution in [2.45, 2.75) is 25.8 Å². The highest BCUT2D eigenvalue weighted by molar-refractivity contribution is 5.27. The summed E-state index contributed by atoms with van der Waals surface area (Å²) >= 11 is 0. The first-order valence-corrected chi connectivity index (χ1v) is 6.43. The van der Waals surface area contributed by atoms with E-state index < -0.39 is 6.43 Å². The van der Waals surface area contributed by atoms with Crippen LogP contribution in [0.4, 0.5) is 8.78 Å². The Bertz CT molecular complexity index is 395. The van der Waals surface area contributed by atoms with Crippen LogP contribution in [0.2, 0.25) is 0 Å². The largest absolute Gasteiger partial charge is 0.329 e. The van der Waals surface area contributed by atoms with Crippen molar-refractivity contribution in [1.29, 1.82) is 0 Å². The molecule has 2 nitrogen and oxygen atoms in total. The molecule has 1 aromatic carbocycles. The van der Waals surface area contributed by atoms with Crippen LogP contribution in [0.3, 0.4) is 0 Å². The van der Waals surface area contributed by atoms with E-state index in [1.165, 1.54) is 12.5 Å². The molecule has 2 rings (SSSR count). The summed E-state index contributed by atoms with van der Waals surface area (Å²) in [6.45, 7) is 3.57. The van der Waals surface area contributed by atoms with Crippen LogP contribution < -0.4 is 11.1 Å². The van der Waals surface area contributed by atoms with Gasteiger partial charge < -0.3 is 11.1 Å². The minimum Gasteiger partial charge on any atom is -0.329 e. The lowest BCUT2D eigenvalue weighted by Gasteiger charge is -2.18. The summed E-state index contributed by atoms with van der Waals surface area (Å²) in [5.41, 5.74) is 6.64. The molecule has 18 heavy (non-hydrogen) atoms. The van der Waals surface area contributed by atoms with Crippen LogP contribution >= 0.6 is 0 Å². The van der Waals surface area contributed by atoms with Crippen molar-refractivity contribution in [1.82, 2.24) is 5.32 Å². The number of alkyl halides is 2. The van der Waals surface area contributed by atoms with E-state index in [-0.39, 0.29) is 11.6 Å². The zero-order valence-electron chi connectivity index (χ0n) is 10.6. The highest BCUT2D eigenvalue weighted by atomic mass is 19.3. The van der Waals surface area contributed by atoms with Gasteiger partial charge >= 0.3 is 0 Å². The van der Waals surface area contributed by atoms with E-state index in [4.69, 9.17) is 5.73 Å². The SMILES string of the molecule is CC1CC1CNC(CN)c1cccc(C(F)F)c1. The van der Waals surface area contributed by atoms with Crippen molar-refractivity contribution in [2.75, 3.05) is 13.1 Å². The molecule has 3 unspecified atom stereocenters. The lowest BCUT2D eigenvalue weighted by molar-refractivity contribution is 0.151. The summed E-state index contributed by atoms with van der Waals surface area (Å²) in [5, 5.41) is 3.37. The molecule has 0 bridgehead atoms. The van der Waals surface area contributed by atoms with E-state index >= 15 is 0 Å². The van der Waals surface area contributed by atoms with Crippen LogP contribution in [0.25, 0.3) is 0 Å². The van der Waals surface area contributed by atoms with E-state index in [2.05, 4.69) is 12.2 Å². The molecule has 3 N–H and O–H groups in total. The average molecular weight is 254 g/mol. The lowest BCUT2D eigenvalue weighted by atomic mass is 10.0. The Kier molecular flexibility index (Phi) is 4.30. The molecule has 0 amide bonds. The van der Waals surface area contributed by atoms with Crippen LogP contribution in [0.1, 0.15) is 36.9 Å². The molecule has 4 heteroatoms. The zero-order chi connectivity index (χ0) is 13.1. The third-order valence-corrected chi connectivity index (χ3v) is 3.70. The molecule has 0 saturated heterocycles. The summed E-state index contributed by atoms with van der Waals surface area (Å²) in [4.78, 5) is 0. The number of benzene rings is 1. The quantitative estimate of drug-likeness (QED) is 0.819. The second-order valence-corrected chi connectivity index (χ2v) is 5.14. The van der Waals surface area contributed by atoms with Crippen molar-refractivity contribution in [3.63, 3.8) is 0 Å². The molecule has 1 aliphatic rings. The summed E-state index contributed by atoms with van der Waals surface area (Å²) < 4.78 is 25.3. The first-order valence-electron chi connectivity index (χ1n) is 6.43. The monoisotopic (exact) mass is 254 g/mol. The van der Waals surface area contributed by atoms with Crippen LogP contribution in [-0.4, -0.2) is 13.1 Å². The maximum Gasteiger partial charge on any atom is 0.263 e. The minimum atomic E-state index is -2.42. The Morgan fingerprint density at radius 3 is 2.61 bits per heavy atom. The van der Waals surface area contributed by atoms with Crippen LogP contribution in [0.15, 0.2) is 24.3 Å². The van der Waals surface area contributed by atoms with Crippen LogP contribution in [0.5, 0.6) is 0 Å². The van der Waals surface area contributed by atoms with Gasteiger partial charge in [0.15, 0.2) is 0 Å². The molecule has 1 fully saturated rings. The van der Waals surface area contributed by atoms with Gasteiger partial charge in [0.25, 0.3) is 6.43 Å². The number of halogens is 2. The standard InChI is InChI=1S/C14H20F2N2/c1-9-5-12(9)8-18-13(7-17)10-3-2-4-11(6-10)14(15)16/h2-4,6,9,12-14,18H,5,7-8,17H2,1H3. The van der Waals surface area contributed by atoms with E-state index in [1.807, 2.05) is 6.07 Å². The normalized spacial score (nSPS) is 24.3. The fraction of sp³-hybridized carbons (Fsp3) is 0.571. The van der Waals surface area contributed by atoms with Crippen molar-refractivity contribution in [3.8, 4) is 0 Å². The van der Waals surface area contributed by atoms with Gasteiger partial charge in [-0.05, 0) is 36.4 Å². The summed E-state index contributed by atoms with van der Waals surface area (Å²) in [6, 6.07) is 6.49. The Morgan fingerprint density at radius 2 is 2.06 bits per heavy atom. The molecular formula is C14H20F2N2. The van der Waals surface area contributed by atoms with Gasteiger partial charge in [-0.25, -0.2) is 8.78 Å². The lowest BCUT2D eigenvalue weighted by Crippen LogP contribution is -2.30. The van der Waals surface area contributed by atoms with Crippen molar-refractivity contribution in [2.24, 2.45) is 17.6 Å². The molecule has 100 valence electrons. The van der Waals surface area contributed by atoms with Gasteiger partial charge in [-0.2, -0.15) is 0 Å². The number of hydrogen-bond acceptors (Lipinski definition) is 2. The number of rotatable bonds is 6. The molecule has 1 aliphatic carbocycles. The molecule has 0 aliphatic heterocycles. The molecule has 1 aromatic rings. The molecule has 0 radical (unpaired) electrons. The smallest absolute Gasteiger partial charge is 0.263 e.